The van der Waals surface area contributed by atoms with Crippen LogP contribution in [0.4, 0.5) is 5.69 Å². The highest BCUT2D eigenvalue weighted by Gasteiger charge is 2.24. The molecule has 0 amide bonds. The standard InChI is InChI=1S/C18H31N5/c1-15(12-19-13-17-14-20-21-16(17)2)22-8-10-23(11-9-22)18-6-4-3-5-7-18/h3-7,15-17,19-21H,8-14H2,1-2H3. The molecule has 5 heteroatoms. The SMILES string of the molecule is CC1NNCC1CNCC(C)N1CCN(c2ccccc2)CC1. The van der Waals surface area contributed by atoms with Crippen molar-refractivity contribution in [1.82, 2.24) is 21.1 Å². The van der Waals surface area contributed by atoms with E-state index in [1.165, 1.54) is 5.69 Å². The van der Waals surface area contributed by atoms with Crippen LogP contribution in [0, 0.1) is 5.92 Å². The van der Waals surface area contributed by atoms with Gasteiger partial charge in [-0.3, -0.25) is 15.8 Å². The van der Waals surface area contributed by atoms with Crippen molar-refractivity contribution >= 4 is 5.69 Å². The first-order valence-electron chi connectivity index (χ1n) is 8.97. The van der Waals surface area contributed by atoms with Gasteiger partial charge in [0.2, 0.25) is 0 Å². The topological polar surface area (TPSA) is 42.6 Å². The van der Waals surface area contributed by atoms with E-state index in [0.29, 0.717) is 18.0 Å². The van der Waals surface area contributed by atoms with Gasteiger partial charge in [-0.2, -0.15) is 0 Å². The van der Waals surface area contributed by atoms with Crippen molar-refractivity contribution in [3.63, 3.8) is 0 Å². The molecule has 3 rings (SSSR count). The van der Waals surface area contributed by atoms with Gasteiger partial charge in [0.1, 0.15) is 0 Å². The molecule has 5 nitrogen and oxygen atoms in total. The molecule has 0 saturated carbocycles. The number of hydrogen-bond donors (Lipinski definition) is 3. The minimum absolute atomic E-state index is 0.562. The molecule has 1 aromatic rings. The molecule has 0 aromatic heterocycles. The summed E-state index contributed by atoms with van der Waals surface area (Å²) in [7, 11) is 0. The number of benzene rings is 1. The molecule has 0 radical (unpaired) electrons. The Labute approximate surface area is 140 Å². The van der Waals surface area contributed by atoms with Gasteiger partial charge in [0.15, 0.2) is 0 Å². The molecule has 0 aliphatic carbocycles. The lowest BCUT2D eigenvalue weighted by atomic mass is 10.0. The lowest BCUT2D eigenvalue weighted by molar-refractivity contribution is 0.191. The lowest BCUT2D eigenvalue weighted by Crippen LogP contribution is -2.52. The largest absolute Gasteiger partial charge is 0.369 e. The molecular weight excluding hydrogens is 286 g/mol. The average Bonchev–Trinajstić information content (AvgIpc) is 3.01. The van der Waals surface area contributed by atoms with Crippen LogP contribution in [-0.4, -0.2) is 62.8 Å². The number of anilines is 1. The predicted molar refractivity (Wildman–Crippen MR) is 96.7 cm³/mol. The smallest absolute Gasteiger partial charge is 0.0367 e. The van der Waals surface area contributed by atoms with E-state index in [4.69, 9.17) is 0 Å². The Bertz CT molecular complexity index is 458. The van der Waals surface area contributed by atoms with Crippen molar-refractivity contribution in [2.75, 3.05) is 50.7 Å². The molecular formula is C18H31N5. The van der Waals surface area contributed by atoms with Crippen molar-refractivity contribution in [1.29, 1.82) is 0 Å². The fraction of sp³-hybridized carbons (Fsp3) is 0.667. The number of hydrazine groups is 1. The molecule has 2 heterocycles. The van der Waals surface area contributed by atoms with Crippen LogP contribution in [0.25, 0.3) is 0 Å². The fourth-order valence-corrected chi connectivity index (χ4v) is 3.56. The van der Waals surface area contributed by atoms with Crippen LogP contribution < -0.4 is 21.1 Å². The average molecular weight is 317 g/mol. The second-order valence-electron chi connectivity index (χ2n) is 6.94. The lowest BCUT2D eigenvalue weighted by Gasteiger charge is -2.39. The van der Waals surface area contributed by atoms with E-state index >= 15 is 0 Å². The van der Waals surface area contributed by atoms with E-state index < -0.39 is 0 Å². The second kappa shape index (κ2) is 8.11. The third-order valence-electron chi connectivity index (χ3n) is 5.31. The molecule has 0 bridgehead atoms. The molecule has 2 fully saturated rings. The van der Waals surface area contributed by atoms with E-state index in [1.807, 2.05) is 0 Å². The Morgan fingerprint density at radius 3 is 2.57 bits per heavy atom. The Morgan fingerprint density at radius 1 is 1.17 bits per heavy atom. The van der Waals surface area contributed by atoms with Crippen LogP contribution in [0.3, 0.4) is 0 Å². The van der Waals surface area contributed by atoms with Gasteiger partial charge in [0.25, 0.3) is 0 Å². The Hall–Kier alpha value is -1.14. The molecule has 3 atom stereocenters. The van der Waals surface area contributed by atoms with Crippen LogP contribution in [0.2, 0.25) is 0 Å². The molecule has 3 N–H and O–H groups in total. The third-order valence-corrected chi connectivity index (χ3v) is 5.31. The van der Waals surface area contributed by atoms with Gasteiger partial charge in [-0.05, 0) is 26.0 Å². The first kappa shape index (κ1) is 16.7. The summed E-state index contributed by atoms with van der Waals surface area (Å²) in [6.45, 7) is 12.4. The highest BCUT2D eigenvalue weighted by molar-refractivity contribution is 5.46. The number of hydrogen-bond acceptors (Lipinski definition) is 5. The maximum absolute atomic E-state index is 3.66. The minimum atomic E-state index is 0.562. The minimum Gasteiger partial charge on any atom is -0.369 e. The van der Waals surface area contributed by atoms with E-state index in [2.05, 4.69) is 70.1 Å². The van der Waals surface area contributed by atoms with Gasteiger partial charge >= 0.3 is 0 Å². The van der Waals surface area contributed by atoms with E-state index in [9.17, 15) is 0 Å². The summed E-state index contributed by atoms with van der Waals surface area (Å²) in [5.41, 5.74) is 7.88. The van der Waals surface area contributed by atoms with Crippen molar-refractivity contribution in [3.8, 4) is 0 Å². The number of piperazine rings is 1. The van der Waals surface area contributed by atoms with Crippen LogP contribution >= 0.6 is 0 Å². The number of nitrogens with zero attached hydrogens (tertiary/aromatic N) is 2. The van der Waals surface area contributed by atoms with Crippen LogP contribution in [0.1, 0.15) is 13.8 Å². The first-order chi connectivity index (χ1) is 11.2. The zero-order valence-corrected chi connectivity index (χ0v) is 14.5. The molecule has 1 aromatic carbocycles. The van der Waals surface area contributed by atoms with Crippen LogP contribution in [0.15, 0.2) is 30.3 Å². The van der Waals surface area contributed by atoms with Crippen LogP contribution in [-0.2, 0) is 0 Å². The number of nitrogens with one attached hydrogen (secondary N) is 3. The van der Waals surface area contributed by atoms with Crippen molar-refractivity contribution in [3.05, 3.63) is 30.3 Å². The number of rotatable bonds is 6. The first-order valence-corrected chi connectivity index (χ1v) is 8.97. The summed E-state index contributed by atoms with van der Waals surface area (Å²) in [6, 6.07) is 11.9. The summed E-state index contributed by atoms with van der Waals surface area (Å²) >= 11 is 0. The highest BCUT2D eigenvalue weighted by Crippen LogP contribution is 2.16. The molecule has 2 aliphatic heterocycles. The Morgan fingerprint density at radius 2 is 1.91 bits per heavy atom. The highest BCUT2D eigenvalue weighted by atomic mass is 15.4. The van der Waals surface area contributed by atoms with Crippen molar-refractivity contribution < 1.29 is 0 Å². The Kier molecular flexibility index (Phi) is 5.89. The van der Waals surface area contributed by atoms with Gasteiger partial charge in [-0.1, -0.05) is 18.2 Å². The fourth-order valence-electron chi connectivity index (χ4n) is 3.56. The second-order valence-corrected chi connectivity index (χ2v) is 6.94. The maximum Gasteiger partial charge on any atom is 0.0367 e. The summed E-state index contributed by atoms with van der Waals surface area (Å²) in [5.74, 6) is 0.692. The van der Waals surface area contributed by atoms with Crippen molar-refractivity contribution in [2.24, 2.45) is 5.92 Å². The molecule has 0 spiro atoms. The quantitative estimate of drug-likeness (QED) is 0.727. The molecule has 2 aliphatic rings. The maximum atomic E-state index is 3.66. The molecule has 2 saturated heterocycles. The van der Waals surface area contributed by atoms with Crippen LogP contribution in [0.5, 0.6) is 0 Å². The zero-order valence-electron chi connectivity index (χ0n) is 14.5. The van der Waals surface area contributed by atoms with Crippen molar-refractivity contribution in [2.45, 2.75) is 25.9 Å². The summed E-state index contributed by atoms with van der Waals surface area (Å²) in [4.78, 5) is 5.11. The molecule has 3 unspecified atom stereocenters. The predicted octanol–water partition coefficient (Wildman–Crippen LogP) is 0.899. The zero-order chi connectivity index (χ0) is 16.1. The van der Waals surface area contributed by atoms with Gasteiger partial charge < -0.3 is 10.2 Å². The van der Waals surface area contributed by atoms with Gasteiger partial charge in [-0.25, -0.2) is 0 Å². The van der Waals surface area contributed by atoms with Gasteiger partial charge in [-0.15, -0.1) is 0 Å². The monoisotopic (exact) mass is 317 g/mol. The van der Waals surface area contributed by atoms with Gasteiger partial charge in [0.05, 0.1) is 0 Å². The molecule has 128 valence electrons. The van der Waals surface area contributed by atoms with Gasteiger partial charge in [0, 0.05) is 69.5 Å². The van der Waals surface area contributed by atoms with E-state index in [-0.39, 0.29) is 0 Å². The third kappa shape index (κ3) is 4.44. The molecule has 23 heavy (non-hydrogen) atoms. The normalized spacial score (nSPS) is 27.3. The van der Waals surface area contributed by atoms with E-state index in [0.717, 1.165) is 45.8 Å². The van der Waals surface area contributed by atoms with E-state index in [1.54, 1.807) is 0 Å². The summed E-state index contributed by atoms with van der Waals surface area (Å²) < 4.78 is 0. The Balaban J connectivity index is 1.37. The summed E-state index contributed by atoms with van der Waals surface area (Å²) in [6.07, 6.45) is 0. The summed E-state index contributed by atoms with van der Waals surface area (Å²) in [5, 5.41) is 3.66. The number of para-hydroxylation sites is 1.